The summed E-state index contributed by atoms with van der Waals surface area (Å²) < 4.78 is 1.49. The van der Waals surface area contributed by atoms with Gasteiger partial charge in [0.15, 0.2) is 0 Å². The van der Waals surface area contributed by atoms with Gasteiger partial charge in [-0.15, -0.1) is 0 Å². The van der Waals surface area contributed by atoms with E-state index >= 15 is 0 Å². The first kappa shape index (κ1) is 13.5. The molecule has 104 valence electrons. The monoisotopic (exact) mass is 296 g/mol. The second-order valence-electron chi connectivity index (χ2n) is 4.68. The number of para-hydroxylation sites is 1. The van der Waals surface area contributed by atoms with E-state index in [1.54, 1.807) is 18.2 Å². The number of hydrogen-bond donors (Lipinski definition) is 1. The van der Waals surface area contributed by atoms with Gasteiger partial charge in [0.05, 0.1) is 16.3 Å². The number of nitrogens with zero attached hydrogens (tertiary/aromatic N) is 1. The Labute approximate surface area is 126 Å². The predicted octanol–water partition coefficient (Wildman–Crippen LogP) is 2.06. The summed E-state index contributed by atoms with van der Waals surface area (Å²) >= 11 is 5.86. The topological polar surface area (TPSA) is 37.8 Å². The van der Waals surface area contributed by atoms with E-state index in [-0.39, 0.29) is 5.56 Å². The smallest absolute Gasteiger partial charge is 0.279 e. The maximum Gasteiger partial charge on any atom is 0.279 e. The molecule has 0 spiro atoms. The highest BCUT2D eigenvalue weighted by atomic mass is 35.5. The summed E-state index contributed by atoms with van der Waals surface area (Å²) in [5, 5.41) is 4.79. The normalized spacial score (nSPS) is 11.8. The molecule has 0 unspecified atom stereocenters. The number of aromatic nitrogens is 2. The fourth-order valence-corrected chi connectivity index (χ4v) is 2.25. The van der Waals surface area contributed by atoms with E-state index in [9.17, 15) is 4.79 Å². The minimum absolute atomic E-state index is 0.124. The van der Waals surface area contributed by atoms with Gasteiger partial charge in [0.25, 0.3) is 5.56 Å². The minimum Gasteiger partial charge on any atom is -0.291 e. The fraction of sp³-hybridized carbons (Fsp3) is 0. The van der Waals surface area contributed by atoms with Crippen LogP contribution in [0.25, 0.3) is 18.3 Å². The Balaban J connectivity index is 2.17. The van der Waals surface area contributed by atoms with Crippen molar-refractivity contribution in [2.45, 2.75) is 0 Å². The van der Waals surface area contributed by atoms with Crippen LogP contribution in [-0.2, 0) is 0 Å². The fourth-order valence-electron chi connectivity index (χ4n) is 2.13. The molecule has 0 saturated carbocycles. The molecule has 21 heavy (non-hydrogen) atoms. The maximum absolute atomic E-state index is 12.5. The molecule has 0 aliphatic heterocycles. The van der Waals surface area contributed by atoms with Gasteiger partial charge in [-0.3, -0.25) is 9.89 Å². The Hall–Kier alpha value is -2.52. The number of nitrogens with one attached hydrogen (secondary N) is 1. The van der Waals surface area contributed by atoms with Crippen molar-refractivity contribution in [3.8, 4) is 5.69 Å². The first-order chi connectivity index (χ1) is 10.1. The van der Waals surface area contributed by atoms with E-state index in [1.807, 2.05) is 42.5 Å². The Kier molecular flexibility index (Phi) is 3.50. The third-order valence-electron chi connectivity index (χ3n) is 3.20. The van der Waals surface area contributed by atoms with Crippen LogP contribution in [-0.4, -0.2) is 9.78 Å². The van der Waals surface area contributed by atoms with Crippen LogP contribution in [0.4, 0.5) is 0 Å². The third kappa shape index (κ3) is 2.69. The lowest BCUT2D eigenvalue weighted by molar-refractivity contribution is 0.838. The van der Waals surface area contributed by atoms with Gasteiger partial charge in [-0.2, -0.15) is 0 Å². The Morgan fingerprint density at radius 2 is 1.71 bits per heavy atom. The molecule has 0 aliphatic carbocycles. The average Bonchev–Trinajstić information content (AvgIpc) is 2.78. The molecule has 0 amide bonds. The molecule has 4 heteroatoms. The van der Waals surface area contributed by atoms with E-state index < -0.39 is 0 Å². The Morgan fingerprint density at radius 3 is 2.38 bits per heavy atom. The van der Waals surface area contributed by atoms with Crippen molar-refractivity contribution in [2.75, 3.05) is 0 Å². The van der Waals surface area contributed by atoms with Crippen LogP contribution in [0.1, 0.15) is 5.56 Å². The molecule has 1 aromatic heterocycles. The van der Waals surface area contributed by atoms with Crippen LogP contribution in [0, 0.1) is 0 Å². The van der Waals surface area contributed by atoms with Crippen LogP contribution in [0.2, 0.25) is 5.02 Å². The van der Waals surface area contributed by atoms with Gasteiger partial charge in [0, 0.05) is 5.02 Å². The van der Waals surface area contributed by atoms with E-state index in [2.05, 4.69) is 11.7 Å². The van der Waals surface area contributed by atoms with Crippen LogP contribution in [0.5, 0.6) is 0 Å². The molecule has 3 nitrogen and oxygen atoms in total. The zero-order chi connectivity index (χ0) is 14.8. The quantitative estimate of drug-likeness (QED) is 0.772. The molecule has 0 aliphatic rings. The van der Waals surface area contributed by atoms with Gasteiger partial charge < -0.3 is 0 Å². The lowest BCUT2D eigenvalue weighted by Gasteiger charge is -1.98. The van der Waals surface area contributed by atoms with Gasteiger partial charge in [-0.05, 0) is 35.9 Å². The predicted molar refractivity (Wildman–Crippen MR) is 86.2 cm³/mol. The van der Waals surface area contributed by atoms with Gasteiger partial charge in [0.2, 0.25) is 0 Å². The van der Waals surface area contributed by atoms with Crippen molar-refractivity contribution < 1.29 is 0 Å². The highest BCUT2D eigenvalue weighted by Crippen LogP contribution is 2.09. The molecule has 0 saturated heterocycles. The molecule has 1 heterocycles. The van der Waals surface area contributed by atoms with Crippen molar-refractivity contribution in [1.82, 2.24) is 9.78 Å². The standard InChI is InChI=1S/C17H13ClN2O/c1-12-16(11-13-7-9-14(18)10-8-13)17(21)20(19-12)15-5-3-2-4-6-15/h2-11,19H,1H2/b16-11+. The summed E-state index contributed by atoms with van der Waals surface area (Å²) in [5.41, 5.74) is 1.56. The molecule has 3 aromatic rings. The first-order valence-corrected chi connectivity index (χ1v) is 6.85. The number of halogens is 1. The second kappa shape index (κ2) is 5.46. The van der Waals surface area contributed by atoms with Gasteiger partial charge in [-0.25, -0.2) is 4.68 Å². The second-order valence-corrected chi connectivity index (χ2v) is 5.11. The Morgan fingerprint density at radius 1 is 1.05 bits per heavy atom. The third-order valence-corrected chi connectivity index (χ3v) is 3.45. The summed E-state index contributed by atoms with van der Waals surface area (Å²) in [6, 6.07) is 16.7. The van der Waals surface area contributed by atoms with E-state index in [0.29, 0.717) is 15.6 Å². The number of rotatable bonds is 2. The summed E-state index contributed by atoms with van der Waals surface area (Å²) in [4.78, 5) is 12.5. The molecular weight excluding hydrogens is 284 g/mol. The first-order valence-electron chi connectivity index (χ1n) is 6.48. The highest BCUT2D eigenvalue weighted by Gasteiger charge is 2.03. The zero-order valence-electron chi connectivity index (χ0n) is 11.2. The number of H-pyrrole nitrogens is 1. The summed E-state index contributed by atoms with van der Waals surface area (Å²) in [6.07, 6.45) is 1.80. The van der Waals surface area contributed by atoms with E-state index in [0.717, 1.165) is 11.3 Å². The van der Waals surface area contributed by atoms with Crippen LogP contribution in [0.15, 0.2) is 59.4 Å². The molecular formula is C17H13ClN2O. The largest absolute Gasteiger partial charge is 0.291 e. The van der Waals surface area contributed by atoms with Gasteiger partial charge in [-0.1, -0.05) is 48.5 Å². The van der Waals surface area contributed by atoms with Crippen molar-refractivity contribution in [3.63, 3.8) is 0 Å². The van der Waals surface area contributed by atoms with Gasteiger partial charge >= 0.3 is 0 Å². The van der Waals surface area contributed by atoms with Crippen molar-refractivity contribution in [1.29, 1.82) is 0 Å². The molecule has 2 aromatic carbocycles. The summed E-state index contributed by atoms with van der Waals surface area (Å²) in [7, 11) is 0. The lowest BCUT2D eigenvalue weighted by atomic mass is 10.2. The SMILES string of the molecule is C=c1[nH]n(-c2ccccc2)c(=O)/c1=C/c1ccc(Cl)cc1. The number of benzene rings is 2. The molecule has 3 rings (SSSR count). The van der Waals surface area contributed by atoms with Crippen molar-refractivity contribution >= 4 is 24.3 Å². The van der Waals surface area contributed by atoms with Crippen LogP contribution >= 0.6 is 11.6 Å². The zero-order valence-corrected chi connectivity index (χ0v) is 12.0. The summed E-state index contributed by atoms with van der Waals surface area (Å²) in [6.45, 7) is 3.91. The molecule has 1 N–H and O–H groups in total. The van der Waals surface area contributed by atoms with E-state index in [1.165, 1.54) is 4.68 Å². The molecule has 0 fully saturated rings. The summed E-state index contributed by atoms with van der Waals surface area (Å²) in [5.74, 6) is 0. The number of aromatic amines is 1. The van der Waals surface area contributed by atoms with Crippen molar-refractivity contribution in [3.05, 3.63) is 86.1 Å². The maximum atomic E-state index is 12.5. The lowest BCUT2D eigenvalue weighted by Crippen LogP contribution is -2.33. The molecule has 0 bridgehead atoms. The van der Waals surface area contributed by atoms with Gasteiger partial charge in [0.1, 0.15) is 0 Å². The molecule has 0 radical (unpaired) electrons. The van der Waals surface area contributed by atoms with Crippen molar-refractivity contribution in [2.24, 2.45) is 0 Å². The average molecular weight is 297 g/mol. The van der Waals surface area contributed by atoms with Crippen LogP contribution < -0.4 is 16.1 Å². The molecule has 0 atom stereocenters. The Bertz CT molecular complexity index is 922. The highest BCUT2D eigenvalue weighted by molar-refractivity contribution is 6.30. The van der Waals surface area contributed by atoms with Crippen LogP contribution in [0.3, 0.4) is 0 Å². The number of hydrogen-bond acceptors (Lipinski definition) is 1. The minimum atomic E-state index is -0.124. The van der Waals surface area contributed by atoms with E-state index in [4.69, 9.17) is 11.6 Å².